The lowest BCUT2D eigenvalue weighted by Gasteiger charge is -2.15. The van der Waals surface area contributed by atoms with Gasteiger partial charge in [0, 0.05) is 48.4 Å². The molecule has 3 aliphatic heterocycles. The standard InChI is InChI=1S/C22H22N2O4S/c25-21(23-9-1-2-10-23)15-5-7-17-18-8-6-16(22(26)24-11-3-4-12-24)14-20(18)29(27,28)19(17)13-15/h5-8,13-14H,1-4,9-12H2. The van der Waals surface area contributed by atoms with E-state index in [-0.39, 0.29) is 21.6 Å². The molecule has 0 aliphatic carbocycles. The SMILES string of the molecule is O=C(c1ccc2c(c1)S(=O)(=O)c1cc(C(=O)N3CCCC3)ccc1-2)N1CCCC1. The van der Waals surface area contributed by atoms with Crippen molar-refractivity contribution in [2.24, 2.45) is 0 Å². The Morgan fingerprint density at radius 3 is 1.41 bits per heavy atom. The van der Waals surface area contributed by atoms with Crippen molar-refractivity contribution < 1.29 is 18.0 Å². The fourth-order valence-corrected chi connectivity index (χ4v) is 6.26. The highest BCUT2D eigenvalue weighted by Crippen LogP contribution is 2.44. The maximum atomic E-state index is 13.2. The minimum Gasteiger partial charge on any atom is -0.339 e. The maximum absolute atomic E-state index is 13.2. The molecule has 2 fully saturated rings. The van der Waals surface area contributed by atoms with Gasteiger partial charge >= 0.3 is 0 Å². The number of rotatable bonds is 2. The third-order valence-electron chi connectivity index (χ3n) is 6.11. The van der Waals surface area contributed by atoms with Crippen LogP contribution in [0.15, 0.2) is 46.2 Å². The Morgan fingerprint density at radius 2 is 1.03 bits per heavy atom. The molecule has 7 heteroatoms. The van der Waals surface area contributed by atoms with E-state index >= 15 is 0 Å². The van der Waals surface area contributed by atoms with Crippen LogP contribution in [0.2, 0.25) is 0 Å². The predicted molar refractivity (Wildman–Crippen MR) is 108 cm³/mol. The molecule has 6 nitrogen and oxygen atoms in total. The summed E-state index contributed by atoms with van der Waals surface area (Å²) in [4.78, 5) is 29.3. The molecular formula is C22H22N2O4S. The zero-order valence-electron chi connectivity index (χ0n) is 16.1. The second-order valence-electron chi connectivity index (χ2n) is 7.92. The molecule has 0 atom stereocenters. The van der Waals surface area contributed by atoms with Gasteiger partial charge in [-0.3, -0.25) is 9.59 Å². The van der Waals surface area contributed by atoms with Gasteiger partial charge in [0.15, 0.2) is 0 Å². The number of amides is 2. The molecule has 0 saturated carbocycles. The average molecular weight is 410 g/mol. The van der Waals surface area contributed by atoms with Crippen LogP contribution in [0.1, 0.15) is 46.4 Å². The minimum atomic E-state index is -3.77. The summed E-state index contributed by atoms with van der Waals surface area (Å²) >= 11 is 0. The van der Waals surface area contributed by atoms with Crippen LogP contribution in [0.4, 0.5) is 0 Å². The maximum Gasteiger partial charge on any atom is 0.253 e. The summed E-state index contributed by atoms with van der Waals surface area (Å²) in [5.41, 5.74) is 1.99. The van der Waals surface area contributed by atoms with Crippen molar-refractivity contribution in [1.29, 1.82) is 0 Å². The highest BCUT2D eigenvalue weighted by molar-refractivity contribution is 7.92. The number of fused-ring (bicyclic) bond motifs is 3. The second kappa shape index (κ2) is 6.69. The monoisotopic (exact) mass is 410 g/mol. The number of hydrogen-bond donors (Lipinski definition) is 0. The van der Waals surface area contributed by atoms with Crippen LogP contribution in [-0.2, 0) is 9.84 Å². The number of carbonyl (C=O) groups is 2. The Hall–Kier alpha value is -2.67. The van der Waals surface area contributed by atoms with Crippen LogP contribution in [0.25, 0.3) is 11.1 Å². The zero-order valence-corrected chi connectivity index (χ0v) is 16.9. The summed E-state index contributed by atoms with van der Waals surface area (Å²) < 4.78 is 26.4. The third kappa shape index (κ3) is 2.87. The predicted octanol–water partition coefficient (Wildman–Crippen LogP) is 2.97. The number of sulfone groups is 1. The molecule has 2 amide bonds. The third-order valence-corrected chi connectivity index (χ3v) is 7.95. The molecule has 0 aromatic heterocycles. The van der Waals surface area contributed by atoms with Crippen molar-refractivity contribution in [3.05, 3.63) is 47.5 Å². The summed E-state index contributed by atoms with van der Waals surface area (Å²) in [5.74, 6) is -0.247. The molecule has 2 saturated heterocycles. The lowest BCUT2D eigenvalue weighted by atomic mass is 10.0. The number of benzene rings is 2. The fourth-order valence-electron chi connectivity index (χ4n) is 4.52. The molecule has 5 rings (SSSR count). The first kappa shape index (κ1) is 18.4. The first-order valence-corrected chi connectivity index (χ1v) is 11.6. The number of hydrogen-bond acceptors (Lipinski definition) is 4. The molecule has 3 heterocycles. The van der Waals surface area contributed by atoms with Crippen LogP contribution in [0.3, 0.4) is 0 Å². The van der Waals surface area contributed by atoms with Crippen LogP contribution in [-0.4, -0.2) is 56.2 Å². The van der Waals surface area contributed by atoms with E-state index in [9.17, 15) is 18.0 Å². The van der Waals surface area contributed by atoms with Crippen molar-refractivity contribution >= 4 is 21.7 Å². The zero-order chi connectivity index (χ0) is 20.2. The van der Waals surface area contributed by atoms with Gasteiger partial charge < -0.3 is 9.80 Å². The van der Waals surface area contributed by atoms with Crippen molar-refractivity contribution in [2.45, 2.75) is 35.5 Å². The molecule has 0 unspecified atom stereocenters. The Labute approximate surface area is 170 Å². The topological polar surface area (TPSA) is 74.8 Å². The van der Waals surface area contributed by atoms with E-state index in [0.29, 0.717) is 48.4 Å². The van der Waals surface area contributed by atoms with Gasteiger partial charge in [-0.2, -0.15) is 0 Å². The summed E-state index contributed by atoms with van der Waals surface area (Å²) in [6.45, 7) is 2.85. The largest absolute Gasteiger partial charge is 0.339 e. The Kier molecular flexibility index (Phi) is 4.24. The van der Waals surface area contributed by atoms with Crippen molar-refractivity contribution in [2.75, 3.05) is 26.2 Å². The Balaban J connectivity index is 1.53. The Bertz CT molecular complexity index is 1040. The van der Waals surface area contributed by atoms with Crippen LogP contribution in [0, 0.1) is 0 Å². The smallest absolute Gasteiger partial charge is 0.253 e. The van der Waals surface area contributed by atoms with E-state index < -0.39 is 9.84 Å². The summed E-state index contributed by atoms with van der Waals surface area (Å²) in [7, 11) is -3.77. The molecule has 3 aliphatic rings. The van der Waals surface area contributed by atoms with Gasteiger partial charge in [0.05, 0.1) is 9.79 Å². The summed E-state index contributed by atoms with van der Waals surface area (Å²) in [5, 5.41) is 0. The lowest BCUT2D eigenvalue weighted by Crippen LogP contribution is -2.27. The molecule has 0 spiro atoms. The van der Waals surface area contributed by atoms with Gasteiger partial charge in [-0.1, -0.05) is 12.1 Å². The molecule has 0 bridgehead atoms. The van der Waals surface area contributed by atoms with Gasteiger partial charge in [-0.05, 0) is 49.9 Å². The molecule has 2 aromatic rings. The average Bonchev–Trinajstić information content (AvgIpc) is 3.48. The lowest BCUT2D eigenvalue weighted by molar-refractivity contribution is 0.0785. The second-order valence-corrected chi connectivity index (χ2v) is 9.81. The summed E-state index contributed by atoms with van der Waals surface area (Å²) in [6, 6.07) is 9.81. The van der Waals surface area contributed by atoms with Crippen molar-refractivity contribution in [3.63, 3.8) is 0 Å². The van der Waals surface area contributed by atoms with E-state index in [1.165, 1.54) is 12.1 Å². The number of carbonyl (C=O) groups excluding carboxylic acids is 2. The molecule has 29 heavy (non-hydrogen) atoms. The van der Waals surface area contributed by atoms with E-state index in [0.717, 1.165) is 25.7 Å². The molecule has 150 valence electrons. The van der Waals surface area contributed by atoms with Crippen LogP contribution < -0.4 is 0 Å². The van der Waals surface area contributed by atoms with E-state index in [1.54, 1.807) is 34.1 Å². The van der Waals surface area contributed by atoms with Crippen LogP contribution in [0.5, 0.6) is 0 Å². The highest BCUT2D eigenvalue weighted by Gasteiger charge is 2.35. The van der Waals surface area contributed by atoms with Crippen molar-refractivity contribution in [3.8, 4) is 11.1 Å². The van der Waals surface area contributed by atoms with E-state index in [1.807, 2.05) is 0 Å². The fraction of sp³-hybridized carbons (Fsp3) is 0.364. The van der Waals surface area contributed by atoms with Gasteiger partial charge in [-0.25, -0.2) is 8.42 Å². The van der Waals surface area contributed by atoms with E-state index in [4.69, 9.17) is 0 Å². The normalized spacial score (nSPS) is 19.3. The summed E-state index contributed by atoms with van der Waals surface area (Å²) in [6.07, 6.45) is 3.92. The van der Waals surface area contributed by atoms with Crippen LogP contribution >= 0.6 is 0 Å². The molecule has 0 N–H and O–H groups in total. The van der Waals surface area contributed by atoms with Gasteiger partial charge in [0.25, 0.3) is 11.8 Å². The molecule has 2 aromatic carbocycles. The molecule has 0 radical (unpaired) electrons. The van der Waals surface area contributed by atoms with Gasteiger partial charge in [0.1, 0.15) is 0 Å². The number of nitrogens with zero attached hydrogens (tertiary/aromatic N) is 2. The molecular weight excluding hydrogens is 388 g/mol. The van der Waals surface area contributed by atoms with Gasteiger partial charge in [0.2, 0.25) is 9.84 Å². The van der Waals surface area contributed by atoms with Crippen molar-refractivity contribution in [1.82, 2.24) is 9.80 Å². The Morgan fingerprint density at radius 1 is 0.655 bits per heavy atom. The first-order valence-electron chi connectivity index (χ1n) is 10.1. The van der Waals surface area contributed by atoms with Gasteiger partial charge in [-0.15, -0.1) is 0 Å². The highest BCUT2D eigenvalue weighted by atomic mass is 32.2. The van der Waals surface area contributed by atoms with E-state index in [2.05, 4.69) is 0 Å². The number of likely N-dealkylation sites (tertiary alicyclic amines) is 2. The first-order chi connectivity index (χ1) is 14.0. The quantitative estimate of drug-likeness (QED) is 0.651. The minimum absolute atomic E-state index is 0.124.